The predicted molar refractivity (Wildman–Crippen MR) is 95.1 cm³/mol. The topological polar surface area (TPSA) is 96.3 Å². The molecule has 0 unspecified atom stereocenters. The minimum absolute atomic E-state index is 0.0376. The Bertz CT molecular complexity index is 636. The van der Waals surface area contributed by atoms with Crippen molar-refractivity contribution in [3.8, 4) is 0 Å². The molecule has 1 amide bonds. The summed E-state index contributed by atoms with van der Waals surface area (Å²) in [5, 5.41) is 18.7. The van der Waals surface area contributed by atoms with Crippen LogP contribution in [0.15, 0.2) is 18.2 Å². The molecular formula is C12H13Cl3N4O3S. The number of anilines is 1. The Labute approximate surface area is 152 Å². The summed E-state index contributed by atoms with van der Waals surface area (Å²) in [6.45, 7) is 2.94. The number of hydrogen-bond acceptors (Lipinski definition) is 4. The van der Waals surface area contributed by atoms with Crippen LogP contribution in [0.4, 0.5) is 11.4 Å². The van der Waals surface area contributed by atoms with Crippen LogP contribution in [0.5, 0.6) is 0 Å². The summed E-state index contributed by atoms with van der Waals surface area (Å²) in [6.07, 6.45) is -1.05. The molecule has 0 aromatic heterocycles. The van der Waals surface area contributed by atoms with Crippen LogP contribution in [-0.2, 0) is 4.79 Å². The molecule has 3 N–H and O–H groups in total. The SMILES string of the molecule is CC(=O)N[C@H](NC(=S)Nc1ccc([N+](=O)[O-])cc1C)C(Cl)(Cl)Cl. The second-order valence-electron chi connectivity index (χ2n) is 4.53. The van der Waals surface area contributed by atoms with Gasteiger partial charge in [0.05, 0.1) is 4.92 Å². The highest BCUT2D eigenvalue weighted by atomic mass is 35.6. The molecule has 1 atom stereocenters. The molecule has 7 nitrogen and oxygen atoms in total. The average Bonchev–Trinajstić information content (AvgIpc) is 2.38. The van der Waals surface area contributed by atoms with Crippen LogP contribution in [0, 0.1) is 17.0 Å². The van der Waals surface area contributed by atoms with Gasteiger partial charge in [-0.1, -0.05) is 34.8 Å². The predicted octanol–water partition coefficient (Wildman–Crippen LogP) is 3.02. The van der Waals surface area contributed by atoms with Gasteiger partial charge in [-0.25, -0.2) is 0 Å². The molecule has 0 spiro atoms. The highest BCUT2D eigenvalue weighted by molar-refractivity contribution is 7.80. The molecule has 0 aliphatic carbocycles. The summed E-state index contributed by atoms with van der Waals surface area (Å²) in [5.74, 6) is -0.414. The number of hydrogen-bond donors (Lipinski definition) is 3. The van der Waals surface area contributed by atoms with Crippen LogP contribution < -0.4 is 16.0 Å². The molecule has 0 saturated heterocycles. The highest BCUT2D eigenvalue weighted by Gasteiger charge is 2.34. The van der Waals surface area contributed by atoms with Gasteiger partial charge in [0.15, 0.2) is 5.11 Å². The number of nitrogens with one attached hydrogen (secondary N) is 3. The Balaban J connectivity index is 2.82. The number of alkyl halides is 3. The Hall–Kier alpha value is -1.35. The van der Waals surface area contributed by atoms with Gasteiger partial charge in [-0.2, -0.15) is 0 Å². The van der Waals surface area contributed by atoms with Crippen molar-refractivity contribution in [1.29, 1.82) is 0 Å². The number of thiocarbonyl (C=S) groups is 1. The number of carbonyl (C=O) groups is 1. The molecule has 0 radical (unpaired) electrons. The number of nitro benzene ring substituents is 1. The molecular weight excluding hydrogens is 387 g/mol. The lowest BCUT2D eigenvalue weighted by atomic mass is 10.2. The van der Waals surface area contributed by atoms with E-state index >= 15 is 0 Å². The van der Waals surface area contributed by atoms with E-state index in [0.29, 0.717) is 11.3 Å². The van der Waals surface area contributed by atoms with Gasteiger partial charge in [0.2, 0.25) is 9.70 Å². The van der Waals surface area contributed by atoms with Crippen LogP contribution in [-0.4, -0.2) is 25.9 Å². The molecule has 0 fully saturated rings. The number of amides is 1. The zero-order valence-electron chi connectivity index (χ0n) is 12.0. The van der Waals surface area contributed by atoms with Gasteiger partial charge in [0.1, 0.15) is 6.17 Å². The summed E-state index contributed by atoms with van der Waals surface area (Å²) in [7, 11) is 0. The van der Waals surface area contributed by atoms with Gasteiger partial charge < -0.3 is 16.0 Å². The second kappa shape index (κ2) is 7.96. The standard InChI is InChI=1S/C12H13Cl3N4O3S/c1-6-5-8(19(21)22)3-4-9(6)17-11(23)18-10(12(13,14)15)16-7(2)20/h3-5,10H,1-2H3,(H,16,20)(H2,17,18,23)/t10-/m1/s1. The van der Waals surface area contributed by atoms with Crippen LogP contribution in [0.2, 0.25) is 0 Å². The first-order valence-corrected chi connectivity index (χ1v) is 7.71. The van der Waals surface area contributed by atoms with E-state index in [4.69, 9.17) is 47.0 Å². The largest absolute Gasteiger partial charge is 0.339 e. The molecule has 1 aromatic rings. The molecule has 11 heteroatoms. The lowest BCUT2D eigenvalue weighted by Crippen LogP contribution is -2.55. The third kappa shape index (κ3) is 6.34. The van der Waals surface area contributed by atoms with Crippen LogP contribution in [0.3, 0.4) is 0 Å². The maximum Gasteiger partial charge on any atom is 0.269 e. The summed E-state index contributed by atoms with van der Waals surface area (Å²) >= 11 is 22.4. The number of benzene rings is 1. The van der Waals surface area contributed by atoms with Crippen molar-refractivity contribution in [2.24, 2.45) is 0 Å². The van der Waals surface area contributed by atoms with E-state index in [2.05, 4.69) is 16.0 Å². The Morgan fingerprint density at radius 2 is 1.96 bits per heavy atom. The van der Waals surface area contributed by atoms with E-state index in [0.717, 1.165) is 0 Å². The monoisotopic (exact) mass is 398 g/mol. The van der Waals surface area contributed by atoms with Crippen LogP contribution in [0.25, 0.3) is 0 Å². The molecule has 0 saturated carbocycles. The maximum atomic E-state index is 11.1. The lowest BCUT2D eigenvalue weighted by Gasteiger charge is -2.27. The number of nitro groups is 1. The van der Waals surface area contributed by atoms with E-state index in [1.54, 1.807) is 6.92 Å². The van der Waals surface area contributed by atoms with Gasteiger partial charge in [0, 0.05) is 24.7 Å². The number of non-ortho nitro benzene ring substituents is 1. The van der Waals surface area contributed by atoms with Gasteiger partial charge in [-0.3, -0.25) is 14.9 Å². The van der Waals surface area contributed by atoms with E-state index in [1.807, 2.05) is 0 Å². The molecule has 1 aromatic carbocycles. The third-order valence-corrected chi connectivity index (χ3v) is 3.49. The van der Waals surface area contributed by atoms with E-state index in [9.17, 15) is 14.9 Å². The van der Waals surface area contributed by atoms with Crippen molar-refractivity contribution in [3.05, 3.63) is 33.9 Å². The minimum atomic E-state index is -1.83. The zero-order valence-corrected chi connectivity index (χ0v) is 15.1. The summed E-state index contributed by atoms with van der Waals surface area (Å²) < 4.78 is -1.83. The number of aryl methyl sites for hydroxylation is 1. The van der Waals surface area contributed by atoms with Crippen molar-refractivity contribution in [2.75, 3.05) is 5.32 Å². The molecule has 126 valence electrons. The van der Waals surface area contributed by atoms with Gasteiger partial charge in [-0.05, 0) is 30.8 Å². The van der Waals surface area contributed by atoms with E-state index in [-0.39, 0.29) is 10.8 Å². The lowest BCUT2D eigenvalue weighted by molar-refractivity contribution is -0.384. The van der Waals surface area contributed by atoms with Crippen molar-refractivity contribution in [3.63, 3.8) is 0 Å². The maximum absolute atomic E-state index is 11.1. The van der Waals surface area contributed by atoms with E-state index in [1.165, 1.54) is 25.1 Å². The minimum Gasteiger partial charge on any atom is -0.339 e. The smallest absolute Gasteiger partial charge is 0.269 e. The van der Waals surface area contributed by atoms with Crippen LogP contribution in [0.1, 0.15) is 12.5 Å². The summed E-state index contributed by atoms with van der Waals surface area (Å²) in [6, 6.07) is 4.23. The second-order valence-corrected chi connectivity index (χ2v) is 7.31. The van der Waals surface area contributed by atoms with Gasteiger partial charge in [-0.15, -0.1) is 0 Å². The van der Waals surface area contributed by atoms with E-state index < -0.39 is 20.8 Å². The van der Waals surface area contributed by atoms with Crippen LogP contribution >= 0.6 is 47.0 Å². The molecule has 0 aliphatic heterocycles. The van der Waals surface area contributed by atoms with Crippen molar-refractivity contribution in [2.45, 2.75) is 23.8 Å². The molecule has 0 bridgehead atoms. The Morgan fingerprint density at radius 1 is 1.35 bits per heavy atom. The first-order chi connectivity index (χ1) is 10.5. The Morgan fingerprint density at radius 3 is 2.39 bits per heavy atom. The highest BCUT2D eigenvalue weighted by Crippen LogP contribution is 2.29. The fourth-order valence-corrected chi connectivity index (χ4v) is 2.15. The first kappa shape index (κ1) is 19.7. The molecule has 23 heavy (non-hydrogen) atoms. The average molecular weight is 400 g/mol. The number of nitrogens with zero attached hydrogens (tertiary/aromatic N) is 1. The Kier molecular flexibility index (Phi) is 6.82. The fourth-order valence-electron chi connectivity index (χ4n) is 1.59. The van der Waals surface area contributed by atoms with Gasteiger partial charge >= 0.3 is 0 Å². The number of rotatable bonds is 4. The van der Waals surface area contributed by atoms with Crippen molar-refractivity contribution < 1.29 is 9.72 Å². The summed E-state index contributed by atoms with van der Waals surface area (Å²) in [4.78, 5) is 21.4. The normalized spacial score (nSPS) is 12.2. The third-order valence-electron chi connectivity index (χ3n) is 2.62. The van der Waals surface area contributed by atoms with Crippen molar-refractivity contribution >= 4 is 69.4 Å². The summed E-state index contributed by atoms with van der Waals surface area (Å²) in [5.41, 5.74) is 1.11. The molecule has 1 rings (SSSR count). The molecule has 0 aliphatic rings. The first-order valence-electron chi connectivity index (χ1n) is 6.17. The van der Waals surface area contributed by atoms with Gasteiger partial charge in [0.25, 0.3) is 5.69 Å². The fraction of sp³-hybridized carbons (Fsp3) is 0.333. The zero-order chi connectivity index (χ0) is 17.8. The quantitative estimate of drug-likeness (QED) is 0.237. The molecule has 0 heterocycles. The number of carbonyl (C=O) groups excluding carboxylic acids is 1. The van der Waals surface area contributed by atoms with Crippen molar-refractivity contribution in [1.82, 2.24) is 10.6 Å². The number of halogens is 3.